The summed E-state index contributed by atoms with van der Waals surface area (Å²) >= 11 is 1.93. The second-order valence-corrected chi connectivity index (χ2v) is 6.52. The topological polar surface area (TPSA) is 51.0 Å². The fourth-order valence-electron chi connectivity index (χ4n) is 1.68. The van der Waals surface area contributed by atoms with Gasteiger partial charge in [-0.05, 0) is 5.41 Å². The van der Waals surface area contributed by atoms with Gasteiger partial charge in [0.05, 0.1) is 6.04 Å². The van der Waals surface area contributed by atoms with Crippen molar-refractivity contribution in [2.24, 2.45) is 5.41 Å². The molecule has 0 radical (unpaired) electrons. The van der Waals surface area contributed by atoms with Crippen molar-refractivity contribution in [1.29, 1.82) is 0 Å². The van der Waals surface area contributed by atoms with Crippen molar-refractivity contribution in [2.75, 3.05) is 18.1 Å². The normalized spacial score (nSPS) is 22.3. The maximum atomic E-state index is 5.31. The Morgan fingerprint density at radius 1 is 1.50 bits per heavy atom. The van der Waals surface area contributed by atoms with Crippen LogP contribution in [0.25, 0.3) is 0 Å². The molecule has 0 spiro atoms. The van der Waals surface area contributed by atoms with Crippen LogP contribution in [0.4, 0.5) is 0 Å². The van der Waals surface area contributed by atoms with Crippen LogP contribution in [0.3, 0.4) is 0 Å². The van der Waals surface area contributed by atoms with Gasteiger partial charge in [-0.2, -0.15) is 16.7 Å². The predicted molar refractivity (Wildman–Crippen MR) is 65.5 cm³/mol. The Balaban J connectivity index is 2.01. The molecule has 1 unspecified atom stereocenters. The van der Waals surface area contributed by atoms with Gasteiger partial charge < -0.3 is 9.84 Å². The van der Waals surface area contributed by atoms with Gasteiger partial charge in [0.25, 0.3) is 0 Å². The summed E-state index contributed by atoms with van der Waals surface area (Å²) in [6.45, 7) is 7.56. The molecule has 2 heterocycles. The highest BCUT2D eigenvalue weighted by Gasteiger charge is 2.22. The quantitative estimate of drug-likeness (QED) is 0.858. The number of hydrogen-bond acceptors (Lipinski definition) is 5. The molecule has 1 aromatic heterocycles. The Morgan fingerprint density at radius 2 is 2.31 bits per heavy atom. The van der Waals surface area contributed by atoms with E-state index in [0.717, 1.165) is 30.4 Å². The molecular weight excluding hydrogens is 222 g/mol. The van der Waals surface area contributed by atoms with E-state index in [2.05, 4.69) is 36.2 Å². The SMILES string of the molecule is CC(C)(C)Cc1noc(C2CSCCN2)n1. The average molecular weight is 241 g/mol. The van der Waals surface area contributed by atoms with Crippen molar-refractivity contribution in [3.8, 4) is 0 Å². The van der Waals surface area contributed by atoms with Gasteiger partial charge in [-0.1, -0.05) is 25.9 Å². The summed E-state index contributed by atoms with van der Waals surface area (Å²) in [6, 6.07) is 0.236. The molecule has 5 heteroatoms. The highest BCUT2D eigenvalue weighted by Crippen LogP contribution is 2.23. The third-order valence-electron chi connectivity index (χ3n) is 2.39. The molecule has 2 rings (SSSR count). The molecule has 0 bridgehead atoms. The molecule has 0 aromatic carbocycles. The van der Waals surface area contributed by atoms with E-state index < -0.39 is 0 Å². The van der Waals surface area contributed by atoms with Gasteiger partial charge >= 0.3 is 0 Å². The number of nitrogens with zero attached hydrogens (tertiary/aromatic N) is 2. The summed E-state index contributed by atoms with van der Waals surface area (Å²) in [5, 5.41) is 7.44. The Hall–Kier alpha value is -0.550. The van der Waals surface area contributed by atoms with Crippen molar-refractivity contribution < 1.29 is 4.52 Å². The monoisotopic (exact) mass is 241 g/mol. The molecule has 0 amide bonds. The lowest BCUT2D eigenvalue weighted by molar-refractivity contribution is 0.331. The van der Waals surface area contributed by atoms with Crippen LogP contribution in [0.5, 0.6) is 0 Å². The van der Waals surface area contributed by atoms with Gasteiger partial charge in [-0.3, -0.25) is 0 Å². The van der Waals surface area contributed by atoms with Crippen LogP contribution >= 0.6 is 11.8 Å². The Bertz CT molecular complexity index is 339. The fourth-order valence-corrected chi connectivity index (χ4v) is 2.60. The first-order valence-electron chi connectivity index (χ1n) is 5.68. The van der Waals surface area contributed by atoms with Gasteiger partial charge in [0.2, 0.25) is 5.89 Å². The lowest BCUT2D eigenvalue weighted by Crippen LogP contribution is -2.30. The number of thioether (sulfide) groups is 1. The molecule has 1 saturated heterocycles. The summed E-state index contributed by atoms with van der Waals surface area (Å²) in [5.74, 6) is 3.75. The third kappa shape index (κ3) is 3.22. The minimum absolute atomic E-state index is 0.204. The predicted octanol–water partition coefficient (Wildman–Crippen LogP) is 2.04. The minimum atomic E-state index is 0.204. The summed E-state index contributed by atoms with van der Waals surface area (Å²) in [7, 11) is 0. The van der Waals surface area contributed by atoms with E-state index in [1.807, 2.05) is 11.8 Å². The molecule has 1 aliphatic heterocycles. The lowest BCUT2D eigenvalue weighted by Gasteiger charge is -2.19. The smallest absolute Gasteiger partial charge is 0.244 e. The summed E-state index contributed by atoms with van der Waals surface area (Å²) in [4.78, 5) is 4.47. The molecular formula is C11H19N3OS. The zero-order chi connectivity index (χ0) is 11.6. The van der Waals surface area contributed by atoms with E-state index in [-0.39, 0.29) is 11.5 Å². The first kappa shape index (κ1) is 11.9. The van der Waals surface area contributed by atoms with Crippen molar-refractivity contribution >= 4 is 11.8 Å². The van der Waals surface area contributed by atoms with E-state index in [1.54, 1.807) is 0 Å². The first-order chi connectivity index (χ1) is 7.54. The number of hydrogen-bond donors (Lipinski definition) is 1. The second-order valence-electron chi connectivity index (χ2n) is 5.37. The molecule has 0 saturated carbocycles. The summed E-state index contributed by atoms with van der Waals surface area (Å²) in [6.07, 6.45) is 0.858. The fraction of sp³-hybridized carbons (Fsp3) is 0.818. The van der Waals surface area contributed by atoms with Crippen LogP contribution in [-0.2, 0) is 6.42 Å². The molecule has 1 fully saturated rings. The van der Waals surface area contributed by atoms with Gasteiger partial charge in [0.1, 0.15) is 0 Å². The van der Waals surface area contributed by atoms with E-state index in [0.29, 0.717) is 0 Å². The molecule has 1 N–H and O–H groups in total. The van der Waals surface area contributed by atoms with Crippen molar-refractivity contribution in [1.82, 2.24) is 15.5 Å². The molecule has 1 aromatic rings. The van der Waals surface area contributed by atoms with Crippen molar-refractivity contribution in [2.45, 2.75) is 33.2 Å². The molecule has 0 aliphatic carbocycles. The Labute approximate surface area is 101 Å². The standard InChI is InChI=1S/C11H19N3OS/c1-11(2,3)6-9-13-10(15-14-9)8-7-16-5-4-12-8/h8,12H,4-7H2,1-3H3. The van der Waals surface area contributed by atoms with Gasteiger partial charge in [-0.25, -0.2) is 0 Å². The van der Waals surface area contributed by atoms with Crippen LogP contribution < -0.4 is 5.32 Å². The van der Waals surface area contributed by atoms with E-state index in [4.69, 9.17) is 4.52 Å². The van der Waals surface area contributed by atoms with Crippen LogP contribution in [0.1, 0.15) is 38.5 Å². The molecule has 16 heavy (non-hydrogen) atoms. The van der Waals surface area contributed by atoms with Crippen LogP contribution in [0.2, 0.25) is 0 Å². The average Bonchev–Trinajstić information content (AvgIpc) is 2.65. The Kier molecular flexibility index (Phi) is 3.54. The largest absolute Gasteiger partial charge is 0.338 e. The maximum Gasteiger partial charge on any atom is 0.244 e. The van der Waals surface area contributed by atoms with E-state index in [1.165, 1.54) is 5.75 Å². The highest BCUT2D eigenvalue weighted by atomic mass is 32.2. The minimum Gasteiger partial charge on any atom is -0.338 e. The third-order valence-corrected chi connectivity index (χ3v) is 3.45. The van der Waals surface area contributed by atoms with Gasteiger partial charge in [0.15, 0.2) is 5.82 Å². The van der Waals surface area contributed by atoms with E-state index in [9.17, 15) is 0 Å². The van der Waals surface area contributed by atoms with Gasteiger partial charge in [-0.15, -0.1) is 0 Å². The zero-order valence-corrected chi connectivity index (χ0v) is 10.9. The van der Waals surface area contributed by atoms with Crippen LogP contribution in [0.15, 0.2) is 4.52 Å². The molecule has 1 aliphatic rings. The van der Waals surface area contributed by atoms with Crippen molar-refractivity contribution in [3.05, 3.63) is 11.7 Å². The number of aromatic nitrogens is 2. The highest BCUT2D eigenvalue weighted by molar-refractivity contribution is 7.99. The summed E-state index contributed by atoms with van der Waals surface area (Å²) in [5.41, 5.74) is 0.204. The molecule has 4 nitrogen and oxygen atoms in total. The van der Waals surface area contributed by atoms with Crippen LogP contribution in [0, 0.1) is 5.41 Å². The van der Waals surface area contributed by atoms with Crippen LogP contribution in [-0.4, -0.2) is 28.2 Å². The lowest BCUT2D eigenvalue weighted by atomic mass is 9.92. The first-order valence-corrected chi connectivity index (χ1v) is 6.84. The molecule has 90 valence electrons. The number of rotatable bonds is 2. The number of nitrogens with one attached hydrogen (secondary N) is 1. The van der Waals surface area contributed by atoms with Crippen molar-refractivity contribution in [3.63, 3.8) is 0 Å². The Morgan fingerprint density at radius 3 is 2.94 bits per heavy atom. The zero-order valence-electron chi connectivity index (χ0n) is 10.1. The summed E-state index contributed by atoms with van der Waals surface area (Å²) < 4.78 is 5.31. The maximum absolute atomic E-state index is 5.31. The molecule has 1 atom stereocenters. The second kappa shape index (κ2) is 4.75. The van der Waals surface area contributed by atoms with Gasteiger partial charge in [0, 0.05) is 24.5 Å². The van der Waals surface area contributed by atoms with E-state index >= 15 is 0 Å².